The summed E-state index contributed by atoms with van der Waals surface area (Å²) in [6, 6.07) is 23.6. The molecule has 0 saturated heterocycles. The van der Waals surface area contributed by atoms with E-state index in [1.807, 2.05) is 54.6 Å². The lowest BCUT2D eigenvalue weighted by Gasteiger charge is -2.11. The normalized spacial score (nSPS) is 10.7. The minimum atomic E-state index is -0.382. The van der Waals surface area contributed by atoms with Gasteiger partial charge in [0.2, 0.25) is 5.91 Å². The fraction of sp³-hybridized carbons (Fsp3) is 0.160. The Morgan fingerprint density at radius 1 is 1.00 bits per heavy atom. The fourth-order valence-corrected chi connectivity index (χ4v) is 4.20. The molecule has 0 aliphatic rings. The first kappa shape index (κ1) is 22.5. The van der Waals surface area contributed by atoms with E-state index >= 15 is 0 Å². The van der Waals surface area contributed by atoms with Crippen molar-refractivity contribution in [2.24, 2.45) is 0 Å². The molecule has 0 unspecified atom stereocenters. The van der Waals surface area contributed by atoms with Crippen molar-refractivity contribution in [1.82, 2.24) is 20.1 Å². The van der Waals surface area contributed by atoms with Gasteiger partial charge in [-0.15, -0.1) is 10.2 Å². The van der Waals surface area contributed by atoms with Gasteiger partial charge in [-0.25, -0.2) is 4.39 Å². The average molecular weight is 463 g/mol. The molecule has 8 heteroatoms. The SMILES string of the molecule is COc1ccccc1CCNC(=O)CSc1nnc(-c2ccccc2F)n1-c1ccccc1. The number of aromatic nitrogens is 3. The van der Waals surface area contributed by atoms with Gasteiger partial charge in [0.15, 0.2) is 11.0 Å². The number of methoxy groups -OCH3 is 1. The van der Waals surface area contributed by atoms with Gasteiger partial charge in [-0.1, -0.05) is 60.3 Å². The highest BCUT2D eigenvalue weighted by molar-refractivity contribution is 7.99. The molecule has 1 aromatic heterocycles. The Morgan fingerprint density at radius 3 is 2.52 bits per heavy atom. The predicted molar refractivity (Wildman–Crippen MR) is 127 cm³/mol. The molecule has 0 bridgehead atoms. The zero-order valence-electron chi connectivity index (χ0n) is 18.1. The van der Waals surface area contributed by atoms with Gasteiger partial charge < -0.3 is 10.1 Å². The molecule has 6 nitrogen and oxygen atoms in total. The summed E-state index contributed by atoms with van der Waals surface area (Å²) in [4.78, 5) is 12.5. The van der Waals surface area contributed by atoms with E-state index in [-0.39, 0.29) is 17.5 Å². The lowest BCUT2D eigenvalue weighted by Crippen LogP contribution is -2.27. The van der Waals surface area contributed by atoms with Crippen LogP contribution in [0.4, 0.5) is 4.39 Å². The van der Waals surface area contributed by atoms with Crippen LogP contribution in [0.2, 0.25) is 0 Å². The number of halogens is 1. The maximum absolute atomic E-state index is 14.5. The number of hydrogen-bond acceptors (Lipinski definition) is 5. The second-order valence-corrected chi connectivity index (χ2v) is 8.10. The highest BCUT2D eigenvalue weighted by atomic mass is 32.2. The van der Waals surface area contributed by atoms with Crippen LogP contribution in [0.1, 0.15) is 5.56 Å². The molecule has 0 atom stereocenters. The number of hydrogen-bond donors (Lipinski definition) is 1. The number of nitrogens with zero attached hydrogens (tertiary/aromatic N) is 3. The van der Waals surface area contributed by atoms with Crippen LogP contribution in [-0.2, 0) is 11.2 Å². The summed E-state index contributed by atoms with van der Waals surface area (Å²) in [5, 5.41) is 11.9. The van der Waals surface area contributed by atoms with E-state index in [9.17, 15) is 9.18 Å². The van der Waals surface area contributed by atoms with Crippen molar-refractivity contribution in [3.05, 3.63) is 90.2 Å². The minimum absolute atomic E-state index is 0.120. The Labute approximate surface area is 195 Å². The number of carbonyl (C=O) groups is 1. The van der Waals surface area contributed by atoms with Gasteiger partial charge in [0, 0.05) is 12.2 Å². The summed E-state index contributed by atoms with van der Waals surface area (Å²) in [5.74, 6) is 0.850. The van der Waals surface area contributed by atoms with Gasteiger partial charge in [0.25, 0.3) is 0 Å². The van der Waals surface area contributed by atoms with Gasteiger partial charge in [-0.3, -0.25) is 9.36 Å². The van der Waals surface area contributed by atoms with Crippen molar-refractivity contribution < 1.29 is 13.9 Å². The molecular weight excluding hydrogens is 439 g/mol. The van der Waals surface area contributed by atoms with Crippen LogP contribution < -0.4 is 10.1 Å². The van der Waals surface area contributed by atoms with E-state index in [1.165, 1.54) is 17.8 Å². The van der Waals surface area contributed by atoms with E-state index in [4.69, 9.17) is 4.74 Å². The average Bonchev–Trinajstić information content (AvgIpc) is 3.27. The quantitative estimate of drug-likeness (QED) is 0.370. The third kappa shape index (κ3) is 5.40. The van der Waals surface area contributed by atoms with Gasteiger partial charge >= 0.3 is 0 Å². The largest absolute Gasteiger partial charge is 0.496 e. The second-order valence-electron chi connectivity index (χ2n) is 7.16. The van der Waals surface area contributed by atoms with Crippen molar-refractivity contribution >= 4 is 17.7 Å². The highest BCUT2D eigenvalue weighted by Crippen LogP contribution is 2.29. The number of rotatable bonds is 9. The zero-order chi connectivity index (χ0) is 23.0. The van der Waals surface area contributed by atoms with Crippen LogP contribution in [0.5, 0.6) is 5.75 Å². The minimum Gasteiger partial charge on any atom is -0.496 e. The molecule has 0 saturated carbocycles. The summed E-state index contributed by atoms with van der Waals surface area (Å²) in [6.45, 7) is 0.492. The van der Waals surface area contributed by atoms with Crippen LogP contribution in [0.15, 0.2) is 84.0 Å². The monoisotopic (exact) mass is 462 g/mol. The number of ether oxygens (including phenoxy) is 1. The Kier molecular flexibility index (Phi) is 7.36. The molecule has 1 N–H and O–H groups in total. The van der Waals surface area contributed by atoms with Crippen LogP contribution in [-0.4, -0.2) is 40.1 Å². The summed E-state index contributed by atoms with van der Waals surface area (Å²) >= 11 is 1.26. The smallest absolute Gasteiger partial charge is 0.230 e. The van der Waals surface area contributed by atoms with Gasteiger partial charge in [0.05, 0.1) is 18.4 Å². The molecule has 0 radical (unpaired) electrons. The molecule has 0 aliphatic carbocycles. The first-order valence-corrected chi connectivity index (χ1v) is 11.4. The van der Waals surface area contributed by atoms with E-state index in [0.717, 1.165) is 17.0 Å². The Hall–Kier alpha value is -3.65. The van der Waals surface area contributed by atoms with Crippen molar-refractivity contribution in [3.8, 4) is 22.8 Å². The first-order valence-electron chi connectivity index (χ1n) is 10.4. The topological polar surface area (TPSA) is 69.0 Å². The van der Waals surface area contributed by atoms with Crippen molar-refractivity contribution in [2.45, 2.75) is 11.6 Å². The Bertz CT molecular complexity index is 1230. The van der Waals surface area contributed by atoms with Crippen LogP contribution in [0.25, 0.3) is 17.1 Å². The Morgan fingerprint density at radius 2 is 1.73 bits per heavy atom. The molecule has 1 amide bonds. The lowest BCUT2D eigenvalue weighted by molar-refractivity contribution is -0.118. The summed E-state index contributed by atoms with van der Waals surface area (Å²) < 4.78 is 21.6. The molecular formula is C25H23FN4O2S. The third-order valence-corrected chi connectivity index (χ3v) is 5.93. The molecule has 33 heavy (non-hydrogen) atoms. The summed E-state index contributed by atoms with van der Waals surface area (Å²) in [5.41, 5.74) is 2.17. The maximum Gasteiger partial charge on any atom is 0.230 e. The van der Waals surface area contributed by atoms with Crippen molar-refractivity contribution in [3.63, 3.8) is 0 Å². The van der Waals surface area contributed by atoms with E-state index in [2.05, 4.69) is 15.5 Å². The number of amides is 1. The number of para-hydroxylation sites is 2. The molecule has 0 fully saturated rings. The number of carbonyl (C=O) groups excluding carboxylic acids is 1. The molecule has 4 aromatic rings. The predicted octanol–water partition coefficient (Wildman–Crippen LogP) is 4.53. The van der Waals surface area contributed by atoms with Crippen molar-refractivity contribution in [2.75, 3.05) is 19.4 Å². The highest BCUT2D eigenvalue weighted by Gasteiger charge is 2.19. The molecule has 3 aromatic carbocycles. The third-order valence-electron chi connectivity index (χ3n) is 5.00. The van der Waals surface area contributed by atoms with Crippen LogP contribution in [0, 0.1) is 5.82 Å². The summed E-state index contributed by atoms with van der Waals surface area (Å²) in [7, 11) is 1.63. The molecule has 1 heterocycles. The van der Waals surface area contributed by atoms with Crippen LogP contribution in [0.3, 0.4) is 0 Å². The molecule has 168 valence electrons. The Balaban J connectivity index is 1.46. The lowest BCUT2D eigenvalue weighted by atomic mass is 10.1. The molecule has 4 rings (SSSR count). The second kappa shape index (κ2) is 10.8. The zero-order valence-corrected chi connectivity index (χ0v) is 18.9. The number of nitrogens with one attached hydrogen (secondary N) is 1. The summed E-state index contributed by atoms with van der Waals surface area (Å²) in [6.07, 6.45) is 0.665. The van der Waals surface area contributed by atoms with Gasteiger partial charge in [0.1, 0.15) is 11.6 Å². The standard InChI is InChI=1S/C25H23FN4O2S/c1-32-22-14-8-5-9-18(22)15-16-27-23(31)17-33-25-29-28-24(20-12-6-7-13-21(20)26)30(25)19-10-3-2-4-11-19/h2-14H,15-17H2,1H3,(H,27,31). The van der Waals surface area contributed by atoms with Crippen molar-refractivity contribution in [1.29, 1.82) is 0 Å². The van der Waals surface area contributed by atoms with E-state index in [0.29, 0.717) is 29.5 Å². The van der Waals surface area contributed by atoms with Gasteiger partial charge in [-0.2, -0.15) is 0 Å². The number of thioether (sulfide) groups is 1. The number of benzene rings is 3. The molecule has 0 aliphatic heterocycles. The first-order chi connectivity index (χ1) is 16.2. The fourth-order valence-electron chi connectivity index (χ4n) is 3.42. The van der Waals surface area contributed by atoms with Crippen LogP contribution >= 0.6 is 11.8 Å². The maximum atomic E-state index is 14.5. The van der Waals surface area contributed by atoms with E-state index in [1.54, 1.807) is 29.9 Å². The van der Waals surface area contributed by atoms with E-state index < -0.39 is 0 Å². The molecule has 0 spiro atoms. The van der Waals surface area contributed by atoms with Gasteiger partial charge in [-0.05, 0) is 42.3 Å².